The molecule has 0 aliphatic carbocycles. The molecule has 0 saturated heterocycles. The number of ether oxygens (including phenoxy) is 1. The van der Waals surface area contributed by atoms with Crippen LogP contribution in [0.5, 0.6) is 5.75 Å². The molecule has 0 unspecified atom stereocenters. The summed E-state index contributed by atoms with van der Waals surface area (Å²) >= 11 is 0. The maximum atomic E-state index is 12.7. The number of aliphatic hydroxyl groups is 2. The van der Waals surface area contributed by atoms with Gasteiger partial charge in [0.2, 0.25) is 5.95 Å². The van der Waals surface area contributed by atoms with E-state index in [1.54, 1.807) is 0 Å². The molecule has 0 saturated carbocycles. The molecule has 0 fully saturated rings. The van der Waals surface area contributed by atoms with Crippen LogP contribution in [0, 0.1) is 6.92 Å². The molecule has 2 aromatic heterocycles. The summed E-state index contributed by atoms with van der Waals surface area (Å²) in [6, 6.07) is 7.47. The Morgan fingerprint density at radius 1 is 1.21 bits per heavy atom. The molecule has 2 heterocycles. The lowest BCUT2D eigenvalue weighted by molar-refractivity contribution is 0.0935. The van der Waals surface area contributed by atoms with Crippen molar-refractivity contribution in [2.24, 2.45) is 14.1 Å². The maximum Gasteiger partial charge on any atom is 0.332 e. The van der Waals surface area contributed by atoms with E-state index in [2.05, 4.69) is 10.3 Å². The highest BCUT2D eigenvalue weighted by molar-refractivity contribution is 5.74. The van der Waals surface area contributed by atoms with Gasteiger partial charge in [0.25, 0.3) is 5.56 Å². The fraction of sp³-hybridized carbons (Fsp3) is 0.421. The van der Waals surface area contributed by atoms with E-state index in [0.29, 0.717) is 5.75 Å². The van der Waals surface area contributed by atoms with Gasteiger partial charge < -0.3 is 24.8 Å². The van der Waals surface area contributed by atoms with Crippen LogP contribution in [0.4, 0.5) is 5.95 Å². The number of hydrogen-bond acceptors (Lipinski definition) is 7. The first-order valence-electron chi connectivity index (χ1n) is 9.22. The van der Waals surface area contributed by atoms with E-state index in [0.717, 1.165) is 10.1 Å². The third-order valence-electron chi connectivity index (χ3n) is 4.66. The molecule has 0 radical (unpaired) electrons. The molecule has 156 valence electrons. The Labute approximate surface area is 166 Å². The zero-order valence-electron chi connectivity index (χ0n) is 16.6. The second kappa shape index (κ2) is 8.50. The number of aryl methyl sites for hydroxylation is 2. The lowest BCUT2D eigenvalue weighted by Crippen LogP contribution is -2.38. The number of imidazole rings is 1. The Kier molecular flexibility index (Phi) is 6.04. The van der Waals surface area contributed by atoms with Crippen molar-refractivity contribution in [2.75, 3.05) is 25.1 Å². The third kappa shape index (κ3) is 4.03. The van der Waals surface area contributed by atoms with Crippen molar-refractivity contribution in [2.45, 2.75) is 19.6 Å². The molecule has 1 aromatic carbocycles. The lowest BCUT2D eigenvalue weighted by atomic mass is 10.2. The number of para-hydroxylation sites is 1. The first kappa shape index (κ1) is 20.6. The number of fused-ring (bicyclic) bond motifs is 1. The van der Waals surface area contributed by atoms with Crippen LogP contribution in [0.25, 0.3) is 11.2 Å². The molecule has 29 heavy (non-hydrogen) atoms. The summed E-state index contributed by atoms with van der Waals surface area (Å²) in [5, 5.41) is 22.6. The molecule has 3 rings (SSSR count). The minimum atomic E-state index is -0.941. The fourth-order valence-corrected chi connectivity index (χ4v) is 3.09. The summed E-state index contributed by atoms with van der Waals surface area (Å²) in [6.07, 6.45) is -0.941. The second-order valence-corrected chi connectivity index (χ2v) is 6.80. The molecule has 0 amide bonds. The van der Waals surface area contributed by atoms with Gasteiger partial charge in [-0.25, -0.2) is 4.79 Å². The van der Waals surface area contributed by atoms with E-state index >= 15 is 0 Å². The van der Waals surface area contributed by atoms with Crippen LogP contribution in [0.15, 0.2) is 33.9 Å². The molecule has 1 atom stereocenters. The van der Waals surface area contributed by atoms with Crippen LogP contribution >= 0.6 is 0 Å². The van der Waals surface area contributed by atoms with Gasteiger partial charge in [0, 0.05) is 20.6 Å². The van der Waals surface area contributed by atoms with Crippen LogP contribution in [-0.2, 0) is 20.6 Å². The van der Waals surface area contributed by atoms with Gasteiger partial charge in [-0.05, 0) is 18.6 Å². The average molecular weight is 403 g/mol. The van der Waals surface area contributed by atoms with Gasteiger partial charge in [-0.15, -0.1) is 0 Å². The van der Waals surface area contributed by atoms with Crippen LogP contribution < -0.4 is 21.3 Å². The molecular formula is C19H25N5O5. The van der Waals surface area contributed by atoms with Crippen molar-refractivity contribution < 1.29 is 14.9 Å². The van der Waals surface area contributed by atoms with Crippen molar-refractivity contribution in [3.63, 3.8) is 0 Å². The monoisotopic (exact) mass is 403 g/mol. The van der Waals surface area contributed by atoms with Crippen LogP contribution in [-0.4, -0.2) is 54.8 Å². The van der Waals surface area contributed by atoms with Crippen molar-refractivity contribution in [1.29, 1.82) is 0 Å². The number of hydrogen-bond donors (Lipinski definition) is 3. The fourth-order valence-electron chi connectivity index (χ4n) is 3.09. The van der Waals surface area contributed by atoms with Gasteiger partial charge in [-0.3, -0.25) is 13.9 Å². The van der Waals surface area contributed by atoms with Gasteiger partial charge in [0.05, 0.1) is 13.2 Å². The van der Waals surface area contributed by atoms with Crippen molar-refractivity contribution >= 4 is 17.1 Å². The average Bonchev–Trinajstić information content (AvgIpc) is 3.06. The van der Waals surface area contributed by atoms with E-state index < -0.39 is 17.4 Å². The van der Waals surface area contributed by atoms with Crippen molar-refractivity contribution in [3.05, 3.63) is 50.7 Å². The van der Waals surface area contributed by atoms with Gasteiger partial charge in [0.15, 0.2) is 11.2 Å². The minimum Gasteiger partial charge on any atom is -0.491 e. The smallest absolute Gasteiger partial charge is 0.332 e. The Hall–Kier alpha value is -3.11. The standard InChI is InChI=1S/C19H25N5O5/c1-12-6-4-5-7-14(12)29-11-13(26)10-24-15-16(21-18(24)20-8-9-25)22(2)19(28)23(3)17(15)27/h4-7,13,25-26H,8-11H2,1-3H3,(H,20,21)/t13-/m1/s1. The molecule has 3 N–H and O–H groups in total. The molecule has 10 nitrogen and oxygen atoms in total. The molecule has 0 spiro atoms. The zero-order chi connectivity index (χ0) is 21.1. The van der Waals surface area contributed by atoms with E-state index in [1.807, 2.05) is 31.2 Å². The predicted octanol–water partition coefficient (Wildman–Crippen LogP) is -0.414. The maximum absolute atomic E-state index is 12.7. The number of rotatable bonds is 8. The normalized spacial score (nSPS) is 12.3. The van der Waals surface area contributed by atoms with Crippen molar-refractivity contribution in [3.8, 4) is 5.75 Å². The number of nitrogens with zero attached hydrogens (tertiary/aromatic N) is 4. The van der Waals surface area contributed by atoms with E-state index in [9.17, 15) is 14.7 Å². The Morgan fingerprint density at radius 2 is 1.93 bits per heavy atom. The number of aromatic nitrogens is 4. The lowest BCUT2D eigenvalue weighted by Gasteiger charge is -2.16. The van der Waals surface area contributed by atoms with Crippen molar-refractivity contribution in [1.82, 2.24) is 18.7 Å². The summed E-state index contributed by atoms with van der Waals surface area (Å²) in [5.41, 5.74) is 0.321. The summed E-state index contributed by atoms with van der Waals surface area (Å²) in [5.74, 6) is 0.946. The predicted molar refractivity (Wildman–Crippen MR) is 108 cm³/mol. The third-order valence-corrected chi connectivity index (χ3v) is 4.66. The SMILES string of the molecule is Cc1ccccc1OC[C@H](O)Cn1c(NCCO)nc2c1c(=O)n(C)c(=O)n2C. The largest absolute Gasteiger partial charge is 0.491 e. The topological polar surface area (TPSA) is 124 Å². The number of benzene rings is 1. The van der Waals surface area contributed by atoms with Gasteiger partial charge in [-0.2, -0.15) is 4.98 Å². The molecule has 0 aliphatic rings. The van der Waals surface area contributed by atoms with Crippen LogP contribution in [0.3, 0.4) is 0 Å². The summed E-state index contributed by atoms with van der Waals surface area (Å²) in [4.78, 5) is 29.2. The summed E-state index contributed by atoms with van der Waals surface area (Å²) in [6.45, 7) is 2.00. The number of nitrogens with one attached hydrogen (secondary N) is 1. The summed E-state index contributed by atoms with van der Waals surface area (Å²) < 4.78 is 9.47. The Bertz CT molecular complexity index is 1130. The van der Waals surface area contributed by atoms with Crippen LogP contribution in [0.1, 0.15) is 5.56 Å². The minimum absolute atomic E-state index is 0.00997. The summed E-state index contributed by atoms with van der Waals surface area (Å²) in [7, 11) is 2.91. The van der Waals surface area contributed by atoms with Gasteiger partial charge in [0.1, 0.15) is 18.5 Å². The zero-order valence-corrected chi connectivity index (χ0v) is 16.6. The van der Waals surface area contributed by atoms with Crippen LogP contribution in [0.2, 0.25) is 0 Å². The number of anilines is 1. The molecule has 3 aromatic rings. The quantitative estimate of drug-likeness (QED) is 0.467. The Morgan fingerprint density at radius 3 is 2.62 bits per heavy atom. The first-order chi connectivity index (χ1) is 13.8. The molecule has 0 aliphatic heterocycles. The van der Waals surface area contributed by atoms with E-state index in [-0.39, 0.29) is 43.4 Å². The highest BCUT2D eigenvalue weighted by Gasteiger charge is 2.21. The highest BCUT2D eigenvalue weighted by Crippen LogP contribution is 2.18. The number of aliphatic hydroxyl groups excluding tert-OH is 2. The Balaban J connectivity index is 1.95. The molecule has 0 bridgehead atoms. The van der Waals surface area contributed by atoms with E-state index in [1.165, 1.54) is 23.2 Å². The molecule has 10 heteroatoms. The highest BCUT2D eigenvalue weighted by atomic mass is 16.5. The second-order valence-electron chi connectivity index (χ2n) is 6.80. The molecular weight excluding hydrogens is 378 g/mol. The van der Waals surface area contributed by atoms with E-state index in [4.69, 9.17) is 9.84 Å². The van der Waals surface area contributed by atoms with Gasteiger partial charge >= 0.3 is 5.69 Å². The first-order valence-corrected chi connectivity index (χ1v) is 9.22. The van der Waals surface area contributed by atoms with Gasteiger partial charge in [-0.1, -0.05) is 18.2 Å².